The fraction of sp³-hybridized carbons (Fsp3) is 0.250. The molecule has 0 radical (unpaired) electrons. The van der Waals surface area contributed by atoms with Gasteiger partial charge >= 0.3 is 0 Å². The summed E-state index contributed by atoms with van der Waals surface area (Å²) in [7, 11) is 0. The molecular weight excluding hydrogens is 243 g/mol. The lowest BCUT2D eigenvalue weighted by atomic mass is 10.1. The molecule has 0 saturated heterocycles. The second kappa shape index (κ2) is 5.85. The van der Waals surface area contributed by atoms with E-state index in [-0.39, 0.29) is 11.9 Å². The molecule has 0 fully saturated rings. The summed E-state index contributed by atoms with van der Waals surface area (Å²) < 4.78 is 19.5. The number of aliphatic hydroxyl groups excluding tert-OH is 1. The quantitative estimate of drug-likeness (QED) is 0.899. The molecule has 2 aromatic rings. The molecule has 0 saturated carbocycles. The van der Waals surface area contributed by atoms with Crippen LogP contribution in [0.15, 0.2) is 48.5 Å². The third kappa shape index (κ3) is 3.32. The summed E-state index contributed by atoms with van der Waals surface area (Å²) in [5.74, 6) is -0.262. The Kier molecular flexibility index (Phi) is 4.17. The van der Waals surface area contributed by atoms with Crippen molar-refractivity contribution in [3.63, 3.8) is 0 Å². The van der Waals surface area contributed by atoms with Gasteiger partial charge in [0.15, 0.2) is 11.6 Å². The van der Waals surface area contributed by atoms with Gasteiger partial charge in [-0.25, -0.2) is 4.39 Å². The lowest BCUT2D eigenvalue weighted by Crippen LogP contribution is -2.04. The number of hydrogen-bond acceptors (Lipinski definition) is 2. The van der Waals surface area contributed by atoms with E-state index in [0.717, 1.165) is 5.56 Å². The van der Waals surface area contributed by atoms with Gasteiger partial charge < -0.3 is 9.84 Å². The second-order valence-corrected chi connectivity index (χ2v) is 4.54. The molecule has 0 aliphatic rings. The van der Waals surface area contributed by atoms with Crippen molar-refractivity contribution in [2.24, 2.45) is 0 Å². The number of benzene rings is 2. The monoisotopic (exact) mass is 260 g/mol. The highest BCUT2D eigenvalue weighted by molar-refractivity contribution is 5.31. The summed E-state index contributed by atoms with van der Waals surface area (Å²) in [5.41, 5.74) is 1.53. The summed E-state index contributed by atoms with van der Waals surface area (Å²) in [6, 6.07) is 14.2. The molecule has 0 aliphatic heterocycles. The molecule has 2 atom stereocenters. The highest BCUT2D eigenvalue weighted by Crippen LogP contribution is 2.26. The maximum Gasteiger partial charge on any atom is 0.165 e. The molecule has 1 N–H and O–H groups in total. The predicted molar refractivity (Wildman–Crippen MR) is 72.5 cm³/mol. The number of ether oxygens (including phenoxy) is 1. The van der Waals surface area contributed by atoms with Gasteiger partial charge in [-0.1, -0.05) is 36.4 Å². The van der Waals surface area contributed by atoms with Crippen molar-refractivity contribution < 1.29 is 14.2 Å². The standard InChI is InChI=1S/C16H17FO2/c1-11(18)14-8-9-16(15(17)10-14)19-12(2)13-6-4-3-5-7-13/h3-12,18H,1-2H3. The molecule has 0 spiro atoms. The van der Waals surface area contributed by atoms with E-state index in [4.69, 9.17) is 4.74 Å². The third-order valence-corrected chi connectivity index (χ3v) is 3.01. The topological polar surface area (TPSA) is 29.5 Å². The van der Waals surface area contributed by atoms with E-state index in [1.807, 2.05) is 37.3 Å². The Balaban J connectivity index is 2.15. The van der Waals surface area contributed by atoms with Crippen LogP contribution in [-0.4, -0.2) is 5.11 Å². The average molecular weight is 260 g/mol. The van der Waals surface area contributed by atoms with Gasteiger partial charge in [0, 0.05) is 0 Å². The van der Waals surface area contributed by atoms with Gasteiger partial charge in [-0.3, -0.25) is 0 Å². The SMILES string of the molecule is CC(O)c1ccc(OC(C)c2ccccc2)c(F)c1. The molecule has 100 valence electrons. The minimum atomic E-state index is -0.685. The first-order valence-electron chi connectivity index (χ1n) is 6.27. The number of aliphatic hydroxyl groups is 1. The van der Waals surface area contributed by atoms with Gasteiger partial charge in [-0.15, -0.1) is 0 Å². The van der Waals surface area contributed by atoms with E-state index in [2.05, 4.69) is 0 Å². The van der Waals surface area contributed by atoms with Crippen molar-refractivity contribution in [2.75, 3.05) is 0 Å². The Morgan fingerprint density at radius 1 is 1.00 bits per heavy atom. The maximum absolute atomic E-state index is 13.9. The van der Waals surface area contributed by atoms with E-state index in [1.165, 1.54) is 6.07 Å². The first kappa shape index (κ1) is 13.6. The summed E-state index contributed by atoms with van der Waals surface area (Å²) in [6.07, 6.45) is -0.914. The number of halogens is 1. The van der Waals surface area contributed by atoms with Gasteiger partial charge in [0.25, 0.3) is 0 Å². The molecule has 2 unspecified atom stereocenters. The van der Waals surface area contributed by atoms with Crippen LogP contribution in [0, 0.1) is 5.82 Å². The van der Waals surface area contributed by atoms with E-state index in [0.29, 0.717) is 5.56 Å². The largest absolute Gasteiger partial charge is 0.483 e. The van der Waals surface area contributed by atoms with E-state index in [1.54, 1.807) is 19.1 Å². The molecule has 3 heteroatoms. The Morgan fingerprint density at radius 2 is 1.68 bits per heavy atom. The van der Waals surface area contributed by atoms with Gasteiger partial charge in [-0.2, -0.15) is 0 Å². The van der Waals surface area contributed by atoms with Gasteiger partial charge in [-0.05, 0) is 37.1 Å². The molecule has 0 amide bonds. The fourth-order valence-corrected chi connectivity index (χ4v) is 1.86. The van der Waals surface area contributed by atoms with Crippen LogP contribution in [0.2, 0.25) is 0 Å². The highest BCUT2D eigenvalue weighted by Gasteiger charge is 2.12. The minimum Gasteiger partial charge on any atom is -0.483 e. The van der Waals surface area contributed by atoms with Crippen molar-refractivity contribution >= 4 is 0 Å². The summed E-state index contributed by atoms with van der Waals surface area (Å²) in [5, 5.41) is 9.39. The fourth-order valence-electron chi connectivity index (χ4n) is 1.86. The van der Waals surface area contributed by atoms with Crippen LogP contribution in [0.4, 0.5) is 4.39 Å². The van der Waals surface area contributed by atoms with Crippen molar-refractivity contribution in [2.45, 2.75) is 26.1 Å². The second-order valence-electron chi connectivity index (χ2n) is 4.54. The zero-order valence-corrected chi connectivity index (χ0v) is 11.0. The van der Waals surface area contributed by atoms with Crippen LogP contribution >= 0.6 is 0 Å². The lowest BCUT2D eigenvalue weighted by molar-refractivity contribution is 0.196. The summed E-state index contributed by atoms with van der Waals surface area (Å²) in [4.78, 5) is 0. The smallest absolute Gasteiger partial charge is 0.165 e. The first-order chi connectivity index (χ1) is 9.08. The van der Waals surface area contributed by atoms with Crippen molar-refractivity contribution in [3.05, 3.63) is 65.5 Å². The lowest BCUT2D eigenvalue weighted by Gasteiger charge is -2.16. The van der Waals surface area contributed by atoms with Crippen LogP contribution in [0.3, 0.4) is 0 Å². The molecule has 0 bridgehead atoms. The van der Waals surface area contributed by atoms with E-state index < -0.39 is 11.9 Å². The number of hydrogen-bond donors (Lipinski definition) is 1. The van der Waals surface area contributed by atoms with Crippen LogP contribution in [0.1, 0.15) is 37.2 Å². The Morgan fingerprint density at radius 3 is 2.26 bits per heavy atom. The zero-order valence-electron chi connectivity index (χ0n) is 11.0. The summed E-state index contributed by atoms with van der Waals surface area (Å²) in [6.45, 7) is 3.47. The number of rotatable bonds is 4. The Bertz CT molecular complexity index is 538. The Labute approximate surface area is 112 Å². The van der Waals surface area contributed by atoms with E-state index >= 15 is 0 Å². The molecule has 2 nitrogen and oxygen atoms in total. The molecule has 0 aliphatic carbocycles. The first-order valence-corrected chi connectivity index (χ1v) is 6.27. The molecule has 2 rings (SSSR count). The molecular formula is C16H17FO2. The molecule has 0 heterocycles. The minimum absolute atomic E-state index is 0.195. The highest BCUT2D eigenvalue weighted by atomic mass is 19.1. The third-order valence-electron chi connectivity index (χ3n) is 3.01. The molecule has 19 heavy (non-hydrogen) atoms. The van der Waals surface area contributed by atoms with Crippen LogP contribution in [0.5, 0.6) is 5.75 Å². The van der Waals surface area contributed by atoms with Crippen molar-refractivity contribution in [1.82, 2.24) is 0 Å². The van der Waals surface area contributed by atoms with Gasteiger partial charge in [0.2, 0.25) is 0 Å². The van der Waals surface area contributed by atoms with Gasteiger partial charge in [0.1, 0.15) is 6.10 Å². The Hall–Kier alpha value is -1.87. The van der Waals surface area contributed by atoms with Crippen LogP contribution < -0.4 is 4.74 Å². The average Bonchev–Trinajstić information content (AvgIpc) is 2.41. The van der Waals surface area contributed by atoms with Gasteiger partial charge in [0.05, 0.1) is 6.10 Å². The normalized spacial score (nSPS) is 13.9. The molecule has 2 aromatic carbocycles. The van der Waals surface area contributed by atoms with Crippen molar-refractivity contribution in [1.29, 1.82) is 0 Å². The predicted octanol–water partition coefficient (Wildman–Crippen LogP) is 4.02. The van der Waals surface area contributed by atoms with Crippen molar-refractivity contribution in [3.8, 4) is 5.75 Å². The summed E-state index contributed by atoms with van der Waals surface area (Å²) >= 11 is 0. The van der Waals surface area contributed by atoms with Crippen LogP contribution in [0.25, 0.3) is 0 Å². The molecule has 0 aromatic heterocycles. The maximum atomic E-state index is 13.9. The van der Waals surface area contributed by atoms with Crippen LogP contribution in [-0.2, 0) is 0 Å². The van der Waals surface area contributed by atoms with E-state index in [9.17, 15) is 9.50 Å². The zero-order chi connectivity index (χ0) is 13.8.